The molecule has 12 bridgehead atoms. The Bertz CT molecular complexity index is 3100. The maximum atomic E-state index is 5.70. The van der Waals surface area contributed by atoms with Crippen LogP contribution in [0.1, 0.15) is 0 Å². The Morgan fingerprint density at radius 1 is 0.133 bits per heavy atom. The van der Waals surface area contributed by atoms with Crippen LogP contribution in [0.3, 0.4) is 0 Å². The normalized spacial score (nSPS) is 34.5. The van der Waals surface area contributed by atoms with Crippen LogP contribution in [-0.2, 0) is 56.8 Å². The van der Waals surface area contributed by atoms with Crippen LogP contribution in [-0.4, -0.2) is 153 Å². The minimum Gasteiger partial charge on any atom is -0.358 e. The fourth-order valence-electron chi connectivity index (χ4n) is 8.82. The van der Waals surface area contributed by atoms with Crippen molar-refractivity contribution >= 4 is 0 Å². The zero-order chi connectivity index (χ0) is 64.7. The van der Waals surface area contributed by atoms with Crippen molar-refractivity contribution in [2.45, 2.75) is 67.2 Å². The molecule has 14 aliphatic carbocycles. The third kappa shape index (κ3) is 16.1. The number of rotatable bonds is 12. The third-order valence-corrected chi connectivity index (χ3v) is 15.1. The minimum absolute atomic E-state index is 1.01. The molecule has 1 aromatic carbocycles. The predicted molar refractivity (Wildman–Crippen MR) is 346 cm³/mol. The fraction of sp³-hybridized carbons (Fsp3) is 0.308. The van der Waals surface area contributed by atoms with Gasteiger partial charge in [-0.1, -0.05) is 36.4 Å². The van der Waals surface area contributed by atoms with E-state index in [0.29, 0.717) is 0 Å². The first-order chi connectivity index (χ1) is 43.5. The van der Waals surface area contributed by atoms with E-state index in [9.17, 15) is 0 Å². The lowest BCUT2D eigenvalue weighted by Crippen LogP contribution is -2.35. The molecule has 0 radical (unpaired) electrons. The van der Waals surface area contributed by atoms with E-state index < -0.39 is 67.2 Å². The van der Waals surface area contributed by atoms with Crippen LogP contribution in [0.5, 0.6) is 0 Å². The van der Waals surface area contributed by atoms with Gasteiger partial charge in [0, 0.05) is 85.3 Å². The lowest BCUT2D eigenvalue weighted by Gasteiger charge is -2.29. The molecule has 0 saturated heterocycles. The van der Waals surface area contributed by atoms with Crippen LogP contribution in [0.15, 0.2) is 182 Å². The van der Waals surface area contributed by atoms with Crippen molar-refractivity contribution in [2.75, 3.05) is 85.3 Å². The molecule has 450 valence electrons. The van der Waals surface area contributed by atoms with Crippen molar-refractivity contribution < 1.29 is 56.8 Å². The summed E-state index contributed by atoms with van der Waals surface area (Å²) in [6, 6.07) is 12.0. The predicted octanol–water partition coefficient (Wildman–Crippen LogP) is 7.11. The zero-order valence-corrected chi connectivity index (χ0v) is 52.2. The highest BCUT2D eigenvalue weighted by Gasteiger charge is 2.38. The van der Waals surface area contributed by atoms with E-state index in [-0.39, 0.29) is 0 Å². The fourth-order valence-corrected chi connectivity index (χ4v) is 8.82. The first-order valence-electron chi connectivity index (χ1n) is 27.8. The molecule has 0 atom stereocenters. The summed E-state index contributed by atoms with van der Waals surface area (Å²) in [5, 5.41) is 0. The van der Waals surface area contributed by atoms with Crippen LogP contribution in [0.4, 0.5) is 0 Å². The highest BCUT2D eigenvalue weighted by molar-refractivity contribution is 5.56. The van der Waals surface area contributed by atoms with Gasteiger partial charge in [-0.3, -0.25) is 0 Å². The van der Waals surface area contributed by atoms with Crippen LogP contribution >= 0.6 is 0 Å². The average Bonchev–Trinajstić information content (AvgIpc) is 1.31. The van der Waals surface area contributed by atoms with Gasteiger partial charge in [0.05, 0.1) is 0 Å². The maximum Gasteiger partial charge on any atom is 0.166 e. The van der Waals surface area contributed by atoms with Crippen molar-refractivity contribution in [3.63, 3.8) is 0 Å². The molecule has 12 nitrogen and oxygen atoms in total. The Hall–Kier alpha value is -9.66. The first-order valence-corrected chi connectivity index (χ1v) is 27.8. The van der Waals surface area contributed by atoms with Crippen molar-refractivity contribution in [1.82, 2.24) is 0 Å². The van der Waals surface area contributed by atoms with E-state index in [1.807, 2.05) is 36.4 Å². The van der Waals surface area contributed by atoms with E-state index >= 15 is 0 Å². The molecule has 0 spiro atoms. The highest BCUT2D eigenvalue weighted by atomic mass is 16.5. The summed E-state index contributed by atoms with van der Waals surface area (Å²) in [6.45, 7) is 0. The molecule has 0 aromatic heterocycles. The Kier molecular flexibility index (Phi) is 22.3. The van der Waals surface area contributed by atoms with Gasteiger partial charge in [0.2, 0.25) is 0 Å². The quantitative estimate of drug-likeness (QED) is 0.157. The van der Waals surface area contributed by atoms with Crippen LogP contribution in [0.25, 0.3) is 0 Å². The zero-order valence-electron chi connectivity index (χ0n) is 52.2. The summed E-state index contributed by atoms with van der Waals surface area (Å²) in [6.07, 6.45) is 42.6. The second-order valence-electron chi connectivity index (χ2n) is 20.1. The molecule has 0 aliphatic heterocycles. The monoisotopic (exact) mass is 1190 g/mol. The SMILES string of the molecule is COC12C#CC#CC3(OC)C=CC(OC)(C#CC#CC4(OC)C=CC(OC)(C#CC#CC(OC)(C=C1)C=C2)C=C4)C=C3.COC12C#CC#CC3(OC)C=CC(OC)(C#CC#CC4(OC)C=CC(OC)(C#CC#CC(OC)(C=C1)C=C2)C=C4)C=C3.c1ccccc1. The summed E-state index contributed by atoms with van der Waals surface area (Å²) in [4.78, 5) is 0. The second kappa shape index (κ2) is 29.6. The van der Waals surface area contributed by atoms with Gasteiger partial charge in [-0.2, -0.15) is 0 Å². The number of ether oxygens (including phenoxy) is 12. The Morgan fingerprint density at radius 3 is 0.256 bits per heavy atom. The summed E-state index contributed by atoms with van der Waals surface area (Å²) >= 11 is 0. The van der Waals surface area contributed by atoms with Gasteiger partial charge in [0.15, 0.2) is 67.2 Å². The van der Waals surface area contributed by atoms with E-state index in [0.717, 1.165) is 0 Å². The molecule has 0 amide bonds. The molecule has 0 unspecified atom stereocenters. The van der Waals surface area contributed by atoms with Gasteiger partial charge in [-0.15, -0.1) is 0 Å². The molecule has 90 heavy (non-hydrogen) atoms. The minimum atomic E-state index is -1.01. The number of benzene rings is 1. The molecule has 14 aliphatic rings. The smallest absolute Gasteiger partial charge is 0.166 e. The third-order valence-electron chi connectivity index (χ3n) is 15.1. The van der Waals surface area contributed by atoms with Crippen LogP contribution in [0.2, 0.25) is 0 Å². The number of methoxy groups -OCH3 is 12. The second-order valence-corrected chi connectivity index (χ2v) is 20.1. The molecule has 12 heteroatoms. The van der Waals surface area contributed by atoms with E-state index in [4.69, 9.17) is 56.8 Å². The number of hydrogen-bond donors (Lipinski definition) is 0. The summed E-state index contributed by atoms with van der Waals surface area (Å²) in [5.74, 6) is 71.3. The van der Waals surface area contributed by atoms with Crippen molar-refractivity contribution in [3.8, 4) is 142 Å². The summed E-state index contributed by atoms with van der Waals surface area (Å²) < 4.78 is 68.4. The van der Waals surface area contributed by atoms with Gasteiger partial charge in [0.25, 0.3) is 0 Å². The van der Waals surface area contributed by atoms with E-state index in [2.05, 4.69) is 142 Å². The van der Waals surface area contributed by atoms with Crippen molar-refractivity contribution in [2.24, 2.45) is 0 Å². The Morgan fingerprint density at radius 2 is 0.200 bits per heavy atom. The average molecular weight is 1200 g/mol. The first kappa shape index (κ1) is 67.8. The topological polar surface area (TPSA) is 111 Å². The lowest BCUT2D eigenvalue weighted by molar-refractivity contribution is 0.0950. The molecule has 0 N–H and O–H groups in total. The largest absolute Gasteiger partial charge is 0.358 e. The van der Waals surface area contributed by atoms with Crippen LogP contribution < -0.4 is 0 Å². The highest BCUT2D eigenvalue weighted by Crippen LogP contribution is 2.32. The van der Waals surface area contributed by atoms with Crippen molar-refractivity contribution in [3.05, 3.63) is 182 Å². The van der Waals surface area contributed by atoms with E-state index in [1.165, 1.54) is 0 Å². The lowest BCUT2D eigenvalue weighted by atomic mass is 9.88. The van der Waals surface area contributed by atoms with Crippen LogP contribution in [0, 0.1) is 142 Å². The molecule has 0 heterocycles. The Balaban J connectivity index is 0.000000234. The number of hydrogen-bond acceptors (Lipinski definition) is 12. The summed E-state index contributed by atoms with van der Waals surface area (Å²) in [7, 11) is 18.8. The standard InChI is InChI=1S/2C36H30O6.C6H6/c2*1-37-31-13-7-8-14-33(39-3)23-25-35(41-5,26-24-33)17-11-12-18-36(42-6)29-27-34(40-4,28-30-36)16-10-9-15-32(38-2,21-19-31)22-20-31;1-2-4-6-5-3-1/h2*19-30H,1-6H3;1-6H. The summed E-state index contributed by atoms with van der Waals surface area (Å²) in [5.41, 5.74) is -12.1. The maximum absolute atomic E-state index is 5.70. The van der Waals surface area contributed by atoms with Gasteiger partial charge in [-0.25, -0.2) is 0 Å². The van der Waals surface area contributed by atoms with Crippen molar-refractivity contribution in [1.29, 1.82) is 0 Å². The molecule has 15 rings (SSSR count). The molecular weight excluding hydrogens is 1130 g/mol. The van der Waals surface area contributed by atoms with Gasteiger partial charge >= 0.3 is 0 Å². The Labute approximate surface area is 531 Å². The molecule has 1 aromatic rings. The van der Waals surface area contributed by atoms with Gasteiger partial charge < -0.3 is 56.8 Å². The molecule has 0 fully saturated rings. The molecular formula is C78H66O12. The molecule has 0 saturated carbocycles. The van der Waals surface area contributed by atoms with Gasteiger partial charge in [-0.05, 0) is 288 Å². The van der Waals surface area contributed by atoms with Gasteiger partial charge in [0.1, 0.15) is 0 Å². The van der Waals surface area contributed by atoms with E-state index in [1.54, 1.807) is 231 Å².